The van der Waals surface area contributed by atoms with Gasteiger partial charge in [-0.05, 0) is 24.3 Å². The molecule has 2 saturated heterocycles. The van der Waals surface area contributed by atoms with E-state index in [1.54, 1.807) is 4.90 Å². The monoisotopic (exact) mass is 378 g/mol. The highest BCUT2D eigenvalue weighted by molar-refractivity contribution is 8.16. The molecule has 130 valence electrons. The molecule has 1 amide bonds. The van der Waals surface area contributed by atoms with Gasteiger partial charge < -0.3 is 4.90 Å². The van der Waals surface area contributed by atoms with Gasteiger partial charge in [0.1, 0.15) is 0 Å². The predicted molar refractivity (Wildman–Crippen MR) is 85.9 cm³/mol. The van der Waals surface area contributed by atoms with Crippen molar-refractivity contribution < 1.29 is 26.4 Å². The van der Waals surface area contributed by atoms with Crippen LogP contribution >= 0.6 is 11.8 Å². The second-order valence-corrected chi connectivity index (χ2v) is 8.99. The minimum Gasteiger partial charge on any atom is -0.316 e. The van der Waals surface area contributed by atoms with Gasteiger partial charge in [-0.2, -0.15) is 18.2 Å². The summed E-state index contributed by atoms with van der Waals surface area (Å²) in [6, 6.07) is 3.97. The van der Waals surface area contributed by atoms with Gasteiger partial charge in [-0.25, -0.2) is 8.42 Å². The number of aliphatic imine (C=N–C) groups is 1. The molecule has 1 aromatic rings. The summed E-state index contributed by atoms with van der Waals surface area (Å²) in [5.74, 6) is -0.587. The average Bonchev–Trinajstić information content (AvgIpc) is 2.88. The van der Waals surface area contributed by atoms with Crippen LogP contribution in [0.25, 0.3) is 0 Å². The Morgan fingerprint density at radius 1 is 1.25 bits per heavy atom. The first-order chi connectivity index (χ1) is 11.1. The van der Waals surface area contributed by atoms with Crippen molar-refractivity contribution in [3.05, 3.63) is 29.8 Å². The molecule has 0 N–H and O–H groups in total. The number of hydrogen-bond acceptors (Lipinski definition) is 4. The third-order valence-corrected chi connectivity index (χ3v) is 7.00. The van der Waals surface area contributed by atoms with Crippen molar-refractivity contribution in [2.24, 2.45) is 4.99 Å². The smallest absolute Gasteiger partial charge is 0.316 e. The molecular formula is C14H13F3N2O3S2. The molecule has 0 bridgehead atoms. The molecule has 5 nitrogen and oxygen atoms in total. The molecule has 3 rings (SSSR count). The molecule has 2 atom stereocenters. The molecule has 24 heavy (non-hydrogen) atoms. The highest BCUT2D eigenvalue weighted by atomic mass is 32.2. The van der Waals surface area contributed by atoms with E-state index in [4.69, 9.17) is 0 Å². The largest absolute Gasteiger partial charge is 0.416 e. The molecule has 2 aliphatic rings. The van der Waals surface area contributed by atoms with Gasteiger partial charge >= 0.3 is 6.18 Å². The number of amides is 1. The molecule has 0 spiro atoms. The number of sulfone groups is 1. The third-order valence-electron chi connectivity index (χ3n) is 3.79. The molecule has 0 aromatic heterocycles. The van der Waals surface area contributed by atoms with E-state index >= 15 is 0 Å². The fourth-order valence-electron chi connectivity index (χ4n) is 2.81. The standard InChI is InChI=1S/C14H13F3N2O3S2/c1-8(20)18-13-19(11-6-24(21,22)7-12(11)23-13)10-4-2-9(3-5-10)14(15,16)17/h2-5,11-12H,6-7H2,1H3. The van der Waals surface area contributed by atoms with Gasteiger partial charge in [-0.1, -0.05) is 11.8 Å². The lowest BCUT2D eigenvalue weighted by Crippen LogP contribution is -2.37. The minimum absolute atomic E-state index is 0.0314. The second-order valence-electron chi connectivity index (χ2n) is 5.63. The quantitative estimate of drug-likeness (QED) is 0.750. The maximum atomic E-state index is 12.7. The zero-order valence-corrected chi connectivity index (χ0v) is 14.1. The number of rotatable bonds is 1. The Balaban J connectivity index is 1.99. The Morgan fingerprint density at radius 2 is 1.88 bits per heavy atom. The van der Waals surface area contributed by atoms with E-state index in [-0.39, 0.29) is 16.8 Å². The number of halogens is 3. The topological polar surface area (TPSA) is 66.8 Å². The fourth-order valence-corrected chi connectivity index (χ4v) is 6.77. The van der Waals surface area contributed by atoms with Crippen molar-refractivity contribution in [3.8, 4) is 0 Å². The number of thioether (sulfide) groups is 1. The van der Waals surface area contributed by atoms with Crippen LogP contribution < -0.4 is 4.90 Å². The number of hydrogen-bond donors (Lipinski definition) is 0. The van der Waals surface area contributed by atoms with E-state index in [2.05, 4.69) is 4.99 Å². The van der Waals surface area contributed by atoms with Crippen molar-refractivity contribution in [1.29, 1.82) is 0 Å². The summed E-state index contributed by atoms with van der Waals surface area (Å²) < 4.78 is 61.8. The molecule has 0 aliphatic carbocycles. The van der Waals surface area contributed by atoms with E-state index in [0.717, 1.165) is 12.1 Å². The van der Waals surface area contributed by atoms with Gasteiger partial charge in [-0.3, -0.25) is 4.79 Å². The summed E-state index contributed by atoms with van der Waals surface area (Å²) in [6.45, 7) is 1.27. The van der Waals surface area contributed by atoms with Crippen LogP contribution in [-0.4, -0.2) is 42.3 Å². The first kappa shape index (κ1) is 17.3. The Hall–Kier alpha value is -1.55. The maximum Gasteiger partial charge on any atom is 0.416 e. The normalized spacial score (nSPS) is 27.5. The summed E-state index contributed by atoms with van der Waals surface area (Å²) in [5, 5.41) is 0.0440. The van der Waals surface area contributed by atoms with Crippen molar-refractivity contribution in [1.82, 2.24) is 0 Å². The van der Waals surface area contributed by atoms with Crippen LogP contribution in [-0.2, 0) is 20.8 Å². The van der Waals surface area contributed by atoms with Crippen LogP contribution in [0.15, 0.2) is 29.3 Å². The summed E-state index contributed by atoms with van der Waals surface area (Å²) >= 11 is 1.18. The molecule has 0 radical (unpaired) electrons. The number of alkyl halides is 3. The van der Waals surface area contributed by atoms with E-state index in [9.17, 15) is 26.4 Å². The zero-order valence-electron chi connectivity index (χ0n) is 12.4. The summed E-state index contributed by atoms with van der Waals surface area (Å²) in [4.78, 5) is 16.8. The molecule has 2 unspecified atom stereocenters. The highest BCUT2D eigenvalue weighted by Gasteiger charge is 2.49. The molecule has 2 aliphatic heterocycles. The number of carbonyl (C=O) groups is 1. The first-order valence-electron chi connectivity index (χ1n) is 7.00. The van der Waals surface area contributed by atoms with Crippen LogP contribution in [0.2, 0.25) is 0 Å². The SMILES string of the molecule is CC(=O)N=C1SC2CS(=O)(=O)CC2N1c1ccc(C(F)(F)F)cc1. The van der Waals surface area contributed by atoms with Gasteiger partial charge in [-0.15, -0.1) is 0 Å². The average molecular weight is 378 g/mol. The number of amidine groups is 1. The molecule has 1 aromatic carbocycles. The Kier molecular flexibility index (Phi) is 4.15. The Bertz CT molecular complexity index is 804. The van der Waals surface area contributed by atoms with Gasteiger partial charge in [0, 0.05) is 17.9 Å². The van der Waals surface area contributed by atoms with Crippen molar-refractivity contribution in [2.45, 2.75) is 24.4 Å². The van der Waals surface area contributed by atoms with Crippen molar-refractivity contribution >= 4 is 38.4 Å². The molecule has 0 saturated carbocycles. The van der Waals surface area contributed by atoms with Crippen molar-refractivity contribution in [3.63, 3.8) is 0 Å². The predicted octanol–water partition coefficient (Wildman–Crippen LogP) is 2.33. The van der Waals surface area contributed by atoms with Crippen LogP contribution in [0.4, 0.5) is 18.9 Å². The van der Waals surface area contributed by atoms with E-state index in [1.165, 1.54) is 30.8 Å². The molecule has 2 heterocycles. The van der Waals surface area contributed by atoms with Crippen LogP contribution in [0.5, 0.6) is 0 Å². The summed E-state index contributed by atoms with van der Waals surface area (Å²) in [7, 11) is -3.21. The van der Waals surface area contributed by atoms with Gasteiger partial charge in [0.2, 0.25) is 5.91 Å². The lowest BCUT2D eigenvalue weighted by molar-refractivity contribution is -0.137. The number of nitrogens with zero attached hydrogens (tertiary/aromatic N) is 2. The second kappa shape index (κ2) is 5.76. The molecule has 10 heteroatoms. The third kappa shape index (κ3) is 3.30. The Morgan fingerprint density at radius 3 is 2.42 bits per heavy atom. The number of fused-ring (bicyclic) bond motifs is 1. The van der Waals surface area contributed by atoms with Gasteiger partial charge in [0.15, 0.2) is 15.0 Å². The maximum absolute atomic E-state index is 12.7. The summed E-state index contributed by atoms with van der Waals surface area (Å²) in [6.07, 6.45) is -4.45. The summed E-state index contributed by atoms with van der Waals surface area (Å²) in [5.41, 5.74) is -0.404. The van der Waals surface area contributed by atoms with E-state index in [1.807, 2.05) is 0 Å². The van der Waals surface area contributed by atoms with Crippen LogP contribution in [0.1, 0.15) is 12.5 Å². The van der Waals surface area contributed by atoms with Crippen molar-refractivity contribution in [2.75, 3.05) is 16.4 Å². The zero-order chi connectivity index (χ0) is 17.7. The first-order valence-corrected chi connectivity index (χ1v) is 9.70. The number of benzene rings is 1. The number of carbonyl (C=O) groups excluding carboxylic acids is 1. The van der Waals surface area contributed by atoms with Gasteiger partial charge in [0.05, 0.1) is 23.1 Å². The molecule has 2 fully saturated rings. The van der Waals surface area contributed by atoms with Crippen LogP contribution in [0, 0.1) is 0 Å². The van der Waals surface area contributed by atoms with Crippen LogP contribution in [0.3, 0.4) is 0 Å². The van der Waals surface area contributed by atoms with E-state index < -0.39 is 33.5 Å². The van der Waals surface area contributed by atoms with Gasteiger partial charge in [0.25, 0.3) is 0 Å². The van der Waals surface area contributed by atoms with E-state index in [0.29, 0.717) is 10.9 Å². The number of anilines is 1. The lowest BCUT2D eigenvalue weighted by atomic mass is 10.1. The Labute approximate surface area is 140 Å². The minimum atomic E-state index is -4.45. The fraction of sp³-hybridized carbons (Fsp3) is 0.429. The lowest BCUT2D eigenvalue weighted by Gasteiger charge is -2.24. The highest BCUT2D eigenvalue weighted by Crippen LogP contribution is 2.41. The molecular weight excluding hydrogens is 365 g/mol.